The molecule has 0 atom stereocenters. The van der Waals surface area contributed by atoms with E-state index in [1.807, 2.05) is 21.5 Å². The maximum atomic E-state index is 10.8. The van der Waals surface area contributed by atoms with Crippen molar-refractivity contribution in [3.8, 4) is 0 Å². The van der Waals surface area contributed by atoms with Crippen molar-refractivity contribution < 1.29 is 4.92 Å². The highest BCUT2D eigenvalue weighted by Gasteiger charge is 2.22. The molecule has 2 aromatic heterocycles. The first-order chi connectivity index (χ1) is 9.59. The lowest BCUT2D eigenvalue weighted by Gasteiger charge is -2.05. The van der Waals surface area contributed by atoms with Crippen LogP contribution in [0.5, 0.6) is 0 Å². The third-order valence-electron chi connectivity index (χ3n) is 3.08. The summed E-state index contributed by atoms with van der Waals surface area (Å²) in [5.41, 5.74) is 0. The zero-order valence-corrected chi connectivity index (χ0v) is 12.8. The van der Waals surface area contributed by atoms with Gasteiger partial charge in [0.2, 0.25) is 5.82 Å². The van der Waals surface area contributed by atoms with Crippen LogP contribution in [0.1, 0.15) is 25.1 Å². The van der Waals surface area contributed by atoms with Gasteiger partial charge in [0.05, 0.1) is 0 Å². The monoisotopic (exact) mass is 341 g/mol. The standard InChI is InChI=1S/C12H16BrN5O2/c1-10-15-12(18(19)20)11(13)17(10)9-4-2-3-7-16-8-5-6-14-16/h5-6,8H,2-4,7,9H2,1H3. The molecule has 0 aliphatic rings. The maximum Gasteiger partial charge on any atom is 0.396 e. The van der Waals surface area contributed by atoms with Crippen molar-refractivity contribution in [3.05, 3.63) is 39.0 Å². The summed E-state index contributed by atoms with van der Waals surface area (Å²) in [6, 6.07) is 1.91. The van der Waals surface area contributed by atoms with Crippen LogP contribution in [0.3, 0.4) is 0 Å². The molecule has 0 aliphatic carbocycles. The molecule has 8 heteroatoms. The highest BCUT2D eigenvalue weighted by molar-refractivity contribution is 9.10. The predicted octanol–water partition coefficient (Wildman–Crippen LogP) is 2.93. The van der Waals surface area contributed by atoms with E-state index in [4.69, 9.17) is 0 Å². The molecule has 0 saturated heterocycles. The highest BCUT2D eigenvalue weighted by atomic mass is 79.9. The van der Waals surface area contributed by atoms with E-state index in [1.54, 1.807) is 13.1 Å². The number of aromatic nitrogens is 4. The van der Waals surface area contributed by atoms with Crippen LogP contribution in [0.2, 0.25) is 0 Å². The van der Waals surface area contributed by atoms with Gasteiger partial charge in [0.25, 0.3) is 0 Å². The predicted molar refractivity (Wildman–Crippen MR) is 77.4 cm³/mol. The fourth-order valence-electron chi connectivity index (χ4n) is 2.05. The molecule has 0 radical (unpaired) electrons. The zero-order chi connectivity index (χ0) is 14.5. The number of hydrogen-bond donors (Lipinski definition) is 0. The molecule has 20 heavy (non-hydrogen) atoms. The van der Waals surface area contributed by atoms with Gasteiger partial charge >= 0.3 is 5.82 Å². The molecule has 0 saturated carbocycles. The first-order valence-corrected chi connectivity index (χ1v) is 7.23. The number of halogens is 1. The van der Waals surface area contributed by atoms with Gasteiger partial charge in [-0.3, -0.25) is 9.25 Å². The van der Waals surface area contributed by atoms with Gasteiger partial charge in [0.15, 0.2) is 4.60 Å². The van der Waals surface area contributed by atoms with Crippen LogP contribution in [0.15, 0.2) is 23.1 Å². The van der Waals surface area contributed by atoms with Crippen LogP contribution >= 0.6 is 15.9 Å². The van der Waals surface area contributed by atoms with Crippen LogP contribution in [0, 0.1) is 17.0 Å². The third kappa shape index (κ3) is 3.44. The second-order valence-electron chi connectivity index (χ2n) is 4.51. The number of nitrogens with zero attached hydrogens (tertiary/aromatic N) is 5. The highest BCUT2D eigenvalue weighted by Crippen LogP contribution is 2.25. The van der Waals surface area contributed by atoms with Crippen molar-refractivity contribution in [3.63, 3.8) is 0 Å². The van der Waals surface area contributed by atoms with Crippen molar-refractivity contribution >= 4 is 21.7 Å². The summed E-state index contributed by atoms with van der Waals surface area (Å²) in [6.07, 6.45) is 6.74. The lowest BCUT2D eigenvalue weighted by Crippen LogP contribution is -2.03. The Morgan fingerprint density at radius 3 is 2.70 bits per heavy atom. The van der Waals surface area contributed by atoms with Gasteiger partial charge in [0, 0.05) is 32.4 Å². The van der Waals surface area contributed by atoms with E-state index >= 15 is 0 Å². The van der Waals surface area contributed by atoms with Gasteiger partial charge in [-0.05, 0) is 51.2 Å². The molecule has 0 unspecified atom stereocenters. The van der Waals surface area contributed by atoms with Crippen molar-refractivity contribution in [1.82, 2.24) is 19.3 Å². The Morgan fingerprint density at radius 2 is 2.10 bits per heavy atom. The molecule has 108 valence electrons. The Balaban J connectivity index is 1.81. The maximum absolute atomic E-state index is 10.8. The number of rotatable bonds is 7. The van der Waals surface area contributed by atoms with E-state index < -0.39 is 4.92 Å². The van der Waals surface area contributed by atoms with Crippen LogP contribution in [-0.4, -0.2) is 24.3 Å². The number of hydrogen-bond acceptors (Lipinski definition) is 4. The summed E-state index contributed by atoms with van der Waals surface area (Å²) in [4.78, 5) is 14.3. The fourth-order valence-corrected chi connectivity index (χ4v) is 2.72. The summed E-state index contributed by atoms with van der Waals surface area (Å²) in [7, 11) is 0. The van der Waals surface area contributed by atoms with E-state index in [9.17, 15) is 10.1 Å². The third-order valence-corrected chi connectivity index (χ3v) is 3.86. The van der Waals surface area contributed by atoms with Crippen molar-refractivity contribution in [2.75, 3.05) is 0 Å². The molecule has 7 nitrogen and oxygen atoms in total. The number of imidazole rings is 1. The Morgan fingerprint density at radius 1 is 1.35 bits per heavy atom. The largest absolute Gasteiger partial charge is 0.396 e. The van der Waals surface area contributed by atoms with Crippen LogP contribution in [0.4, 0.5) is 5.82 Å². The first-order valence-electron chi connectivity index (χ1n) is 6.44. The average Bonchev–Trinajstić information content (AvgIpc) is 3.00. The first kappa shape index (κ1) is 14.7. The van der Waals surface area contributed by atoms with E-state index in [1.165, 1.54) is 0 Å². The van der Waals surface area contributed by atoms with Gasteiger partial charge in [0.1, 0.15) is 0 Å². The molecule has 0 bridgehead atoms. The lowest BCUT2D eigenvalue weighted by molar-refractivity contribution is -0.390. The van der Waals surface area contributed by atoms with Crippen molar-refractivity contribution in [2.24, 2.45) is 0 Å². The molecule has 0 fully saturated rings. The molecule has 0 aliphatic heterocycles. The van der Waals surface area contributed by atoms with Gasteiger partial charge < -0.3 is 10.1 Å². The summed E-state index contributed by atoms with van der Waals surface area (Å²) in [5.74, 6) is 0.551. The normalized spacial score (nSPS) is 10.9. The van der Waals surface area contributed by atoms with Crippen LogP contribution in [0.25, 0.3) is 0 Å². The molecule has 2 aromatic rings. The van der Waals surface area contributed by atoms with Crippen LogP contribution < -0.4 is 0 Å². The van der Waals surface area contributed by atoms with E-state index in [2.05, 4.69) is 26.0 Å². The lowest BCUT2D eigenvalue weighted by atomic mass is 10.2. The minimum atomic E-state index is -0.467. The van der Waals surface area contributed by atoms with E-state index in [0.717, 1.165) is 32.4 Å². The smallest absolute Gasteiger partial charge is 0.358 e. The van der Waals surface area contributed by atoms with E-state index in [-0.39, 0.29) is 5.82 Å². The minimum Gasteiger partial charge on any atom is -0.358 e. The van der Waals surface area contributed by atoms with Crippen molar-refractivity contribution in [2.45, 2.75) is 39.3 Å². The van der Waals surface area contributed by atoms with E-state index in [0.29, 0.717) is 10.4 Å². The average molecular weight is 342 g/mol. The Hall–Kier alpha value is -1.70. The molecular weight excluding hydrogens is 326 g/mol. The summed E-state index contributed by atoms with van der Waals surface area (Å²) < 4.78 is 4.20. The number of nitro groups is 1. The van der Waals surface area contributed by atoms with Gasteiger partial charge in [-0.1, -0.05) is 0 Å². The Kier molecular flexibility index (Phi) is 4.89. The summed E-state index contributed by atoms with van der Waals surface area (Å²) >= 11 is 3.25. The molecule has 0 aromatic carbocycles. The van der Waals surface area contributed by atoms with Gasteiger partial charge in [-0.15, -0.1) is 0 Å². The molecule has 2 heterocycles. The molecular formula is C12H16BrN5O2. The molecule has 0 spiro atoms. The summed E-state index contributed by atoms with van der Waals surface area (Å²) in [5, 5.41) is 14.9. The molecule has 2 rings (SSSR count). The Labute approximate surface area is 124 Å². The number of unbranched alkanes of at least 4 members (excludes halogenated alkanes) is 2. The fraction of sp³-hybridized carbons (Fsp3) is 0.500. The Bertz CT molecular complexity index is 579. The minimum absolute atomic E-state index is 0.112. The second-order valence-corrected chi connectivity index (χ2v) is 5.26. The molecule has 0 amide bonds. The quantitative estimate of drug-likeness (QED) is 0.440. The topological polar surface area (TPSA) is 78.8 Å². The van der Waals surface area contributed by atoms with Gasteiger partial charge in [-0.2, -0.15) is 5.10 Å². The van der Waals surface area contributed by atoms with Gasteiger partial charge in [-0.25, -0.2) is 0 Å². The number of aryl methyl sites for hydroxylation is 2. The SMILES string of the molecule is Cc1nc([N+](=O)[O-])c(Br)n1CCCCCn1cccn1. The summed E-state index contributed by atoms with van der Waals surface area (Å²) in [6.45, 7) is 3.41. The zero-order valence-electron chi connectivity index (χ0n) is 11.2. The second kappa shape index (κ2) is 6.65. The van der Waals surface area contributed by atoms with Crippen molar-refractivity contribution in [1.29, 1.82) is 0 Å². The molecule has 0 N–H and O–H groups in total. The van der Waals surface area contributed by atoms with Crippen LogP contribution in [-0.2, 0) is 13.1 Å².